The molecule has 9 heteroatoms. The van der Waals surface area contributed by atoms with Crippen molar-refractivity contribution in [1.29, 1.82) is 0 Å². The predicted molar refractivity (Wildman–Crippen MR) is 108 cm³/mol. The van der Waals surface area contributed by atoms with Crippen LogP contribution in [0, 0.1) is 12.7 Å². The second-order valence-corrected chi connectivity index (χ2v) is 10.4. The molecule has 2 aromatic rings. The molecule has 1 aliphatic carbocycles. The monoisotopic (exact) mass is 432 g/mol. The summed E-state index contributed by atoms with van der Waals surface area (Å²) in [6.07, 6.45) is 6.48. The molecule has 3 heterocycles. The van der Waals surface area contributed by atoms with E-state index in [4.69, 9.17) is 4.74 Å². The van der Waals surface area contributed by atoms with Gasteiger partial charge >= 0.3 is 0 Å². The predicted octanol–water partition coefficient (Wildman–Crippen LogP) is 2.33. The van der Waals surface area contributed by atoms with Crippen LogP contribution in [0.4, 0.5) is 4.39 Å². The van der Waals surface area contributed by atoms with Gasteiger partial charge in [-0.25, -0.2) is 17.8 Å². The van der Waals surface area contributed by atoms with Crippen molar-refractivity contribution in [2.45, 2.75) is 49.1 Å². The zero-order chi connectivity index (χ0) is 20.9. The number of sulfonamides is 1. The third kappa shape index (κ3) is 3.81. The Bertz CT molecular complexity index is 1040. The van der Waals surface area contributed by atoms with Crippen molar-refractivity contribution >= 4 is 10.0 Å². The van der Waals surface area contributed by atoms with Crippen LogP contribution in [0.5, 0.6) is 5.88 Å². The van der Waals surface area contributed by atoms with Gasteiger partial charge in [-0.1, -0.05) is 6.07 Å². The summed E-state index contributed by atoms with van der Waals surface area (Å²) in [4.78, 5) is 10.8. The summed E-state index contributed by atoms with van der Waals surface area (Å²) in [6.45, 7) is 3.76. The Hall–Kier alpha value is -2.10. The standard InChI is InChI=1S/C21H25FN4O3S/c1-14-2-5-18(22)20(8-14)30(27,28)26-7-6-25-13-17(9-16(25)12-26)29-21-11-23-19(10-24-21)15-3-4-15/h2,5,8,10-11,15-17H,3-4,6-7,9,12-13H2,1H3/t16-,17-/m0/s1. The lowest BCUT2D eigenvalue weighted by Gasteiger charge is -2.36. The highest BCUT2D eigenvalue weighted by Crippen LogP contribution is 2.38. The molecule has 0 unspecified atom stereocenters. The second kappa shape index (κ2) is 7.55. The summed E-state index contributed by atoms with van der Waals surface area (Å²) in [7, 11) is -3.87. The third-order valence-electron chi connectivity index (χ3n) is 6.18. The molecule has 2 aliphatic heterocycles. The Balaban J connectivity index is 1.25. The summed E-state index contributed by atoms with van der Waals surface area (Å²) < 4.78 is 47.7. The zero-order valence-corrected chi connectivity index (χ0v) is 17.7. The minimum atomic E-state index is -3.87. The van der Waals surface area contributed by atoms with Crippen molar-refractivity contribution in [3.8, 4) is 5.88 Å². The molecule has 160 valence electrons. The van der Waals surface area contributed by atoms with Crippen LogP contribution >= 0.6 is 0 Å². The highest BCUT2D eigenvalue weighted by atomic mass is 32.2. The van der Waals surface area contributed by atoms with E-state index in [0.29, 0.717) is 37.9 Å². The van der Waals surface area contributed by atoms with Crippen LogP contribution < -0.4 is 4.74 Å². The maximum absolute atomic E-state index is 14.2. The Morgan fingerprint density at radius 2 is 1.97 bits per heavy atom. The molecule has 30 heavy (non-hydrogen) atoms. The first-order valence-corrected chi connectivity index (χ1v) is 11.8. The number of aromatic nitrogens is 2. The Morgan fingerprint density at radius 3 is 2.70 bits per heavy atom. The summed E-state index contributed by atoms with van der Waals surface area (Å²) in [6, 6.07) is 4.24. The molecule has 1 aromatic carbocycles. The minimum absolute atomic E-state index is 0.0464. The Labute approximate surface area is 175 Å². The van der Waals surface area contributed by atoms with E-state index in [0.717, 1.165) is 17.8 Å². The fourth-order valence-electron chi connectivity index (χ4n) is 4.37. The third-order valence-corrected chi connectivity index (χ3v) is 8.06. The molecule has 2 saturated heterocycles. The van der Waals surface area contributed by atoms with Gasteiger partial charge in [0, 0.05) is 44.6 Å². The van der Waals surface area contributed by atoms with E-state index in [2.05, 4.69) is 14.9 Å². The van der Waals surface area contributed by atoms with E-state index in [1.54, 1.807) is 25.4 Å². The van der Waals surface area contributed by atoms with Crippen LogP contribution in [0.25, 0.3) is 0 Å². The molecule has 1 saturated carbocycles. The number of nitrogens with zero attached hydrogens (tertiary/aromatic N) is 4. The number of ether oxygens (including phenoxy) is 1. The number of fused-ring (bicyclic) bond motifs is 1. The molecule has 7 nitrogen and oxygen atoms in total. The number of halogens is 1. The molecule has 0 radical (unpaired) electrons. The van der Waals surface area contributed by atoms with Crippen LogP contribution in [-0.2, 0) is 10.0 Å². The molecule has 3 fully saturated rings. The largest absolute Gasteiger partial charge is 0.472 e. The van der Waals surface area contributed by atoms with Crippen LogP contribution in [-0.4, -0.2) is 65.9 Å². The summed E-state index contributed by atoms with van der Waals surface area (Å²) >= 11 is 0. The number of rotatable bonds is 5. The van der Waals surface area contributed by atoms with E-state index in [1.165, 1.54) is 29.3 Å². The second-order valence-electron chi connectivity index (χ2n) is 8.48. The van der Waals surface area contributed by atoms with Gasteiger partial charge in [-0.05, 0) is 37.5 Å². The molecule has 2 atom stereocenters. The summed E-state index contributed by atoms with van der Waals surface area (Å²) in [5, 5.41) is 0. The number of benzene rings is 1. The van der Waals surface area contributed by atoms with Gasteiger partial charge in [-0.2, -0.15) is 4.31 Å². The van der Waals surface area contributed by atoms with E-state index >= 15 is 0 Å². The van der Waals surface area contributed by atoms with Crippen molar-refractivity contribution < 1.29 is 17.5 Å². The first-order chi connectivity index (χ1) is 14.4. The number of hydrogen-bond acceptors (Lipinski definition) is 6. The van der Waals surface area contributed by atoms with E-state index in [9.17, 15) is 12.8 Å². The molecule has 5 rings (SSSR count). The summed E-state index contributed by atoms with van der Waals surface area (Å²) in [5.41, 5.74) is 1.74. The lowest BCUT2D eigenvalue weighted by Crippen LogP contribution is -2.52. The molecule has 0 bridgehead atoms. The van der Waals surface area contributed by atoms with E-state index in [-0.39, 0.29) is 17.0 Å². The van der Waals surface area contributed by atoms with Crippen molar-refractivity contribution in [3.63, 3.8) is 0 Å². The lowest BCUT2D eigenvalue weighted by molar-refractivity contribution is 0.151. The van der Waals surface area contributed by atoms with Crippen molar-refractivity contribution in [2.75, 3.05) is 26.2 Å². The van der Waals surface area contributed by atoms with E-state index < -0.39 is 15.8 Å². The Morgan fingerprint density at radius 1 is 1.13 bits per heavy atom. The first kappa shape index (κ1) is 19.8. The first-order valence-electron chi connectivity index (χ1n) is 10.4. The van der Waals surface area contributed by atoms with Gasteiger partial charge < -0.3 is 4.74 Å². The van der Waals surface area contributed by atoms with Gasteiger partial charge in [0.05, 0.1) is 18.1 Å². The molecule has 0 N–H and O–H groups in total. The van der Waals surface area contributed by atoms with Gasteiger partial charge in [-0.3, -0.25) is 9.88 Å². The molecular weight excluding hydrogens is 407 g/mol. The average molecular weight is 433 g/mol. The molecule has 1 aromatic heterocycles. The van der Waals surface area contributed by atoms with Gasteiger partial charge in [-0.15, -0.1) is 0 Å². The number of aryl methyl sites for hydroxylation is 1. The number of piperazine rings is 1. The van der Waals surface area contributed by atoms with Crippen LogP contribution in [0.15, 0.2) is 35.5 Å². The molecule has 3 aliphatic rings. The Kier molecular flexibility index (Phi) is 4.99. The van der Waals surface area contributed by atoms with Gasteiger partial charge in [0.25, 0.3) is 0 Å². The van der Waals surface area contributed by atoms with Gasteiger partial charge in [0.2, 0.25) is 15.9 Å². The maximum Gasteiger partial charge on any atom is 0.246 e. The normalized spacial score (nSPS) is 25.3. The van der Waals surface area contributed by atoms with Crippen molar-refractivity contribution in [1.82, 2.24) is 19.2 Å². The zero-order valence-electron chi connectivity index (χ0n) is 16.9. The fraction of sp³-hybridized carbons (Fsp3) is 0.524. The smallest absolute Gasteiger partial charge is 0.246 e. The van der Waals surface area contributed by atoms with Gasteiger partial charge in [0.1, 0.15) is 16.8 Å². The fourth-order valence-corrected chi connectivity index (χ4v) is 5.98. The maximum atomic E-state index is 14.2. The van der Waals surface area contributed by atoms with E-state index in [1.807, 2.05) is 0 Å². The molecule has 0 spiro atoms. The highest BCUT2D eigenvalue weighted by Gasteiger charge is 2.41. The molecule has 0 amide bonds. The average Bonchev–Trinajstić information content (AvgIpc) is 3.50. The minimum Gasteiger partial charge on any atom is -0.472 e. The van der Waals surface area contributed by atoms with Crippen molar-refractivity contribution in [3.05, 3.63) is 47.7 Å². The topological polar surface area (TPSA) is 75.6 Å². The van der Waals surface area contributed by atoms with Crippen LogP contribution in [0.2, 0.25) is 0 Å². The van der Waals surface area contributed by atoms with Crippen molar-refractivity contribution in [2.24, 2.45) is 0 Å². The van der Waals surface area contributed by atoms with Crippen LogP contribution in [0.3, 0.4) is 0 Å². The SMILES string of the molecule is Cc1ccc(F)c(S(=O)(=O)N2CCN3C[C@@H](Oc4cnc(C5CC5)cn4)C[C@H]3C2)c1. The van der Waals surface area contributed by atoms with Crippen LogP contribution in [0.1, 0.15) is 36.4 Å². The summed E-state index contributed by atoms with van der Waals surface area (Å²) in [5.74, 6) is 0.359. The van der Waals surface area contributed by atoms with Gasteiger partial charge in [0.15, 0.2) is 0 Å². The highest BCUT2D eigenvalue weighted by molar-refractivity contribution is 7.89. The lowest BCUT2D eigenvalue weighted by atomic mass is 10.2. The number of hydrogen-bond donors (Lipinski definition) is 0. The molecular formula is C21H25FN4O3S. The quantitative estimate of drug-likeness (QED) is 0.722.